The number of hydrogen-bond acceptors (Lipinski definition) is 5. The Hall–Kier alpha value is -4.97. The van der Waals surface area contributed by atoms with E-state index in [2.05, 4.69) is 0 Å². The fourth-order valence-electron chi connectivity index (χ4n) is 5.57. The summed E-state index contributed by atoms with van der Waals surface area (Å²) in [6.45, 7) is 0. The van der Waals surface area contributed by atoms with E-state index in [0.717, 1.165) is 32.7 Å². The van der Waals surface area contributed by atoms with E-state index >= 15 is 0 Å². The maximum Gasteiger partial charge on any atom is 0.164 e. The largest absolute Gasteiger partial charge is 0.456 e. The van der Waals surface area contributed by atoms with Crippen LogP contribution in [-0.4, -0.2) is 54.2 Å². The predicted octanol–water partition coefficient (Wildman–Crippen LogP) is 2.64. The van der Waals surface area contributed by atoms with Crippen LogP contribution in [0.15, 0.2) is 93.8 Å². The van der Waals surface area contributed by atoms with Gasteiger partial charge in [-0.15, -0.1) is 16.4 Å². The van der Waals surface area contributed by atoms with Crippen molar-refractivity contribution >= 4 is 110 Å². The number of benzene rings is 5. The van der Waals surface area contributed by atoms with Crippen LogP contribution in [0.25, 0.3) is 78.0 Å². The van der Waals surface area contributed by atoms with Crippen molar-refractivity contribution in [3.63, 3.8) is 0 Å². The maximum atomic E-state index is 6.43. The number of furan rings is 2. The molecule has 8 rings (SSSR count). The Balaban J connectivity index is 1.38. The fourth-order valence-corrected chi connectivity index (χ4v) is 5.57. The molecular weight excluding hydrogens is 524 g/mol. The summed E-state index contributed by atoms with van der Waals surface area (Å²) in [7, 11) is 31.3. The lowest BCUT2D eigenvalue weighted by Gasteiger charge is -2.20. The molecule has 3 aromatic heterocycles. The number of rotatable bonds is 3. The summed E-state index contributed by atoms with van der Waals surface area (Å²) in [6.07, 6.45) is 0. The van der Waals surface area contributed by atoms with E-state index in [1.165, 1.54) is 0 Å². The minimum atomic E-state index is 0.109. The fraction of sp³-hybridized carbons (Fsp3) is 0. The molecule has 0 aliphatic carbocycles. The second kappa shape index (κ2) is 9.53. The van der Waals surface area contributed by atoms with E-state index in [4.69, 9.17) is 63.0 Å². The number of fused-ring (bicyclic) bond motifs is 6. The summed E-state index contributed by atoms with van der Waals surface area (Å²) >= 11 is 0. The smallest absolute Gasteiger partial charge is 0.164 e. The normalized spacial score (nSPS) is 11.7. The van der Waals surface area contributed by atoms with Gasteiger partial charge in [0, 0.05) is 38.2 Å². The predicted molar refractivity (Wildman–Crippen MR) is 178 cm³/mol. The van der Waals surface area contributed by atoms with Crippen molar-refractivity contribution in [2.75, 3.05) is 0 Å². The first-order valence-corrected chi connectivity index (χ1v) is 13.5. The molecule has 5 aromatic carbocycles. The van der Waals surface area contributed by atoms with E-state index in [0.29, 0.717) is 33.9 Å². The van der Waals surface area contributed by atoms with Crippen LogP contribution in [0.5, 0.6) is 0 Å². The molecule has 10 radical (unpaired) electrons. The molecule has 0 bridgehead atoms. The zero-order chi connectivity index (χ0) is 29.4. The molecule has 0 unspecified atom stereocenters. The number of para-hydroxylation sites is 2. The van der Waals surface area contributed by atoms with Crippen LogP contribution in [0.3, 0.4) is 0 Å². The molecule has 0 atom stereocenters. The first kappa shape index (κ1) is 25.7. The van der Waals surface area contributed by atoms with E-state index in [1.807, 2.05) is 84.9 Å². The second-order valence-electron chi connectivity index (χ2n) is 10.4. The van der Waals surface area contributed by atoms with Crippen molar-refractivity contribution in [2.24, 2.45) is 0 Å². The lowest BCUT2D eigenvalue weighted by molar-refractivity contribution is 0.668. The Morgan fingerprint density at radius 1 is 0.395 bits per heavy atom. The average molecular weight is 539 g/mol. The molecule has 8 aromatic rings. The number of nitrogens with zero attached hydrogens (tertiary/aromatic N) is 3. The molecular formula is C33H14B5N3O2. The quantitative estimate of drug-likeness (QED) is 0.324. The van der Waals surface area contributed by atoms with Crippen molar-refractivity contribution in [2.45, 2.75) is 0 Å². The molecule has 0 saturated heterocycles. The molecule has 10 heteroatoms. The molecule has 0 N–H and O–H groups in total. The molecule has 0 saturated carbocycles. The van der Waals surface area contributed by atoms with Gasteiger partial charge in [-0.25, -0.2) is 15.0 Å². The highest BCUT2D eigenvalue weighted by atomic mass is 16.3. The topological polar surface area (TPSA) is 65.0 Å². The molecule has 0 fully saturated rings. The Kier molecular flexibility index (Phi) is 5.70. The first-order valence-electron chi connectivity index (χ1n) is 13.5. The highest BCUT2D eigenvalue weighted by Gasteiger charge is 2.19. The van der Waals surface area contributed by atoms with Crippen LogP contribution in [0.4, 0.5) is 0 Å². The number of aromatic nitrogens is 3. The molecule has 5 nitrogen and oxygen atoms in total. The summed E-state index contributed by atoms with van der Waals surface area (Å²) < 4.78 is 12.3. The molecule has 0 spiro atoms. The van der Waals surface area contributed by atoms with Crippen molar-refractivity contribution < 1.29 is 8.83 Å². The van der Waals surface area contributed by atoms with E-state index in [-0.39, 0.29) is 38.7 Å². The van der Waals surface area contributed by atoms with E-state index in [9.17, 15) is 0 Å². The van der Waals surface area contributed by atoms with Crippen LogP contribution in [0.2, 0.25) is 0 Å². The van der Waals surface area contributed by atoms with Crippen molar-refractivity contribution in [1.29, 1.82) is 0 Å². The zero-order valence-corrected chi connectivity index (χ0v) is 22.6. The van der Waals surface area contributed by atoms with E-state index in [1.54, 1.807) is 0 Å². The first-order chi connectivity index (χ1) is 20.9. The molecule has 0 amide bonds. The monoisotopic (exact) mass is 539 g/mol. The van der Waals surface area contributed by atoms with Crippen LogP contribution >= 0.6 is 0 Å². The van der Waals surface area contributed by atoms with Crippen LogP contribution in [-0.2, 0) is 0 Å². The highest BCUT2D eigenvalue weighted by Crippen LogP contribution is 2.34. The lowest BCUT2D eigenvalue weighted by Crippen LogP contribution is -2.55. The van der Waals surface area contributed by atoms with Gasteiger partial charge in [0.05, 0.1) is 0 Å². The third kappa shape index (κ3) is 3.97. The Morgan fingerprint density at radius 2 is 0.791 bits per heavy atom. The van der Waals surface area contributed by atoms with Gasteiger partial charge in [0.15, 0.2) is 17.5 Å². The van der Waals surface area contributed by atoms with Gasteiger partial charge in [0.1, 0.15) is 61.6 Å². The van der Waals surface area contributed by atoms with Crippen molar-refractivity contribution in [3.8, 4) is 34.2 Å². The van der Waals surface area contributed by atoms with Gasteiger partial charge in [0.2, 0.25) is 0 Å². The average Bonchev–Trinajstić information content (AvgIpc) is 3.60. The molecule has 3 heterocycles. The third-order valence-corrected chi connectivity index (χ3v) is 7.83. The second-order valence-corrected chi connectivity index (χ2v) is 10.4. The minimum absolute atomic E-state index is 0.109. The molecule has 0 aliphatic rings. The Labute approximate surface area is 252 Å². The van der Waals surface area contributed by atoms with Gasteiger partial charge >= 0.3 is 0 Å². The van der Waals surface area contributed by atoms with Gasteiger partial charge in [-0.2, -0.15) is 0 Å². The Morgan fingerprint density at radius 3 is 1.28 bits per heavy atom. The molecule has 43 heavy (non-hydrogen) atoms. The van der Waals surface area contributed by atoms with Gasteiger partial charge in [-0.3, -0.25) is 0 Å². The van der Waals surface area contributed by atoms with Crippen LogP contribution in [0.1, 0.15) is 0 Å². The summed E-state index contributed by atoms with van der Waals surface area (Å²) in [5.74, 6) is 0.947. The zero-order valence-electron chi connectivity index (χ0n) is 22.6. The standard InChI is InChI=1S/C33H14B5N3O2/c34-26-25(27(35)29(37)30(38)28(26)36)33-40-31(15-9-11-19-17-5-1-3-7-21(17)42-23(19)13-15)39-32(41-33)16-10-12-20-18-6-2-4-8-22(18)43-24(20)14-16/h1-14H. The van der Waals surface area contributed by atoms with E-state index < -0.39 is 0 Å². The van der Waals surface area contributed by atoms with Gasteiger partial charge < -0.3 is 8.83 Å². The maximum absolute atomic E-state index is 6.43. The van der Waals surface area contributed by atoms with Gasteiger partial charge in [-0.05, 0) is 36.4 Å². The van der Waals surface area contributed by atoms with Crippen LogP contribution in [0, 0.1) is 0 Å². The summed E-state index contributed by atoms with van der Waals surface area (Å²) in [5.41, 5.74) is 5.26. The highest BCUT2D eigenvalue weighted by molar-refractivity contribution is 6.68. The SMILES string of the molecule is [B]c1c([B])c([B])c(-c2nc(-c3ccc4c(c3)oc3ccccc34)nc(-c3ccc4c(c3)oc3ccccc34)n2)c([B])c1[B]. The number of hydrogen-bond donors (Lipinski definition) is 0. The van der Waals surface area contributed by atoms with Gasteiger partial charge in [-0.1, -0.05) is 59.5 Å². The molecule has 0 aliphatic heterocycles. The molecule has 188 valence electrons. The summed E-state index contributed by atoms with van der Waals surface area (Å²) in [4.78, 5) is 14.5. The summed E-state index contributed by atoms with van der Waals surface area (Å²) in [5, 5.41) is 4.01. The van der Waals surface area contributed by atoms with Gasteiger partial charge in [0.25, 0.3) is 0 Å². The van der Waals surface area contributed by atoms with Crippen molar-refractivity contribution in [1.82, 2.24) is 15.0 Å². The van der Waals surface area contributed by atoms with Crippen molar-refractivity contribution in [3.05, 3.63) is 84.9 Å². The lowest BCUT2D eigenvalue weighted by atomic mass is 9.60. The minimum Gasteiger partial charge on any atom is -0.456 e. The Bertz CT molecular complexity index is 2270. The third-order valence-electron chi connectivity index (χ3n) is 7.83. The summed E-state index contributed by atoms with van der Waals surface area (Å²) in [6, 6.07) is 27.4. The van der Waals surface area contributed by atoms with Crippen LogP contribution < -0.4 is 27.3 Å².